The molecule has 0 atom stereocenters. The van der Waals surface area contributed by atoms with Crippen LogP contribution in [0.15, 0.2) is 42.6 Å². The Morgan fingerprint density at radius 1 is 1.19 bits per heavy atom. The first-order valence-corrected chi connectivity index (χ1v) is 6.34. The Hall–Kier alpha value is -0.810. The van der Waals surface area contributed by atoms with E-state index in [-0.39, 0.29) is 0 Å². The zero-order chi connectivity index (χ0) is 11.4. The minimum atomic E-state index is 0.396. The monoisotopic (exact) mass is 345 g/mol. The fraction of sp³-hybridized carbons (Fsp3) is 0.0833. The van der Waals surface area contributed by atoms with Crippen LogP contribution in [0, 0.1) is 3.57 Å². The fourth-order valence-corrected chi connectivity index (χ4v) is 1.79. The molecule has 0 saturated carbocycles. The average molecular weight is 346 g/mol. The maximum atomic E-state index is 5.80. The van der Waals surface area contributed by atoms with Gasteiger partial charge in [-0.3, -0.25) is 0 Å². The van der Waals surface area contributed by atoms with Gasteiger partial charge in [-0.2, -0.15) is 0 Å². The van der Waals surface area contributed by atoms with Crippen LogP contribution in [-0.4, -0.2) is 4.98 Å². The summed E-state index contributed by atoms with van der Waals surface area (Å²) in [4.78, 5) is 4.16. The Morgan fingerprint density at radius 2 is 1.94 bits per heavy atom. The summed E-state index contributed by atoms with van der Waals surface area (Å²) < 4.78 is 6.83. The van der Waals surface area contributed by atoms with Crippen LogP contribution in [0.3, 0.4) is 0 Å². The van der Waals surface area contributed by atoms with Crippen molar-refractivity contribution in [2.75, 3.05) is 0 Å². The first-order chi connectivity index (χ1) is 7.79. The molecule has 1 aromatic carbocycles. The molecule has 4 heteroatoms. The average Bonchev–Trinajstić information content (AvgIpc) is 2.33. The van der Waals surface area contributed by atoms with Crippen LogP contribution in [0.25, 0.3) is 0 Å². The van der Waals surface area contributed by atoms with Gasteiger partial charge in [0.1, 0.15) is 5.75 Å². The van der Waals surface area contributed by atoms with Crippen molar-refractivity contribution in [3.05, 3.63) is 51.7 Å². The second kappa shape index (κ2) is 5.50. The lowest BCUT2D eigenvalue weighted by atomic mass is 10.3. The van der Waals surface area contributed by atoms with Gasteiger partial charge < -0.3 is 4.74 Å². The number of halogens is 2. The minimum absolute atomic E-state index is 0.396. The number of pyridine rings is 1. The molecule has 0 amide bonds. The Morgan fingerprint density at radius 3 is 2.62 bits per heavy atom. The van der Waals surface area contributed by atoms with E-state index in [1.807, 2.05) is 36.4 Å². The highest BCUT2D eigenvalue weighted by molar-refractivity contribution is 14.1. The summed E-state index contributed by atoms with van der Waals surface area (Å²) in [7, 11) is 0. The van der Waals surface area contributed by atoms with Crippen molar-refractivity contribution in [2.24, 2.45) is 0 Å². The fourth-order valence-electron chi connectivity index (χ4n) is 1.23. The molecule has 0 unspecified atom stereocenters. The number of hydrogen-bond donors (Lipinski definition) is 0. The second-order valence-corrected chi connectivity index (χ2v) is 4.67. The summed E-state index contributed by atoms with van der Waals surface area (Å²) in [6.45, 7) is 0. The molecule has 0 bridgehead atoms. The van der Waals surface area contributed by atoms with Gasteiger partial charge >= 0.3 is 0 Å². The highest BCUT2D eigenvalue weighted by Gasteiger charge is 2.04. The highest BCUT2D eigenvalue weighted by atomic mass is 127. The standard InChI is InChI=1S/C12H9ClINO/c13-8-9-2-1-7-15-12(9)16-11-5-3-10(14)4-6-11/h1-7H,8H2. The van der Waals surface area contributed by atoms with Gasteiger partial charge in [0.05, 0.1) is 5.88 Å². The number of alkyl halides is 1. The van der Waals surface area contributed by atoms with Crippen LogP contribution in [0.1, 0.15) is 5.56 Å². The smallest absolute Gasteiger partial charge is 0.223 e. The van der Waals surface area contributed by atoms with Crippen LogP contribution >= 0.6 is 34.2 Å². The molecule has 2 nitrogen and oxygen atoms in total. The topological polar surface area (TPSA) is 22.1 Å². The number of rotatable bonds is 3. The van der Waals surface area contributed by atoms with Crippen molar-refractivity contribution in [2.45, 2.75) is 5.88 Å². The molecule has 0 fully saturated rings. The molecule has 2 rings (SSSR count). The molecule has 0 N–H and O–H groups in total. The number of ether oxygens (including phenoxy) is 1. The maximum Gasteiger partial charge on any atom is 0.223 e. The van der Waals surface area contributed by atoms with E-state index in [1.165, 1.54) is 3.57 Å². The lowest BCUT2D eigenvalue weighted by molar-refractivity contribution is 0.458. The number of nitrogens with zero attached hydrogens (tertiary/aromatic N) is 1. The zero-order valence-electron chi connectivity index (χ0n) is 8.36. The molecular formula is C12H9ClINO. The number of aromatic nitrogens is 1. The highest BCUT2D eigenvalue weighted by Crippen LogP contribution is 2.24. The summed E-state index contributed by atoms with van der Waals surface area (Å²) in [5, 5.41) is 0. The molecule has 2 aromatic rings. The van der Waals surface area contributed by atoms with Gasteiger partial charge in [0.15, 0.2) is 0 Å². The van der Waals surface area contributed by atoms with Crippen LogP contribution in [-0.2, 0) is 5.88 Å². The van der Waals surface area contributed by atoms with Gasteiger partial charge in [0.25, 0.3) is 0 Å². The quantitative estimate of drug-likeness (QED) is 0.614. The van der Waals surface area contributed by atoms with E-state index in [0.29, 0.717) is 11.8 Å². The van der Waals surface area contributed by atoms with Crippen molar-refractivity contribution in [3.8, 4) is 11.6 Å². The number of benzene rings is 1. The van der Waals surface area contributed by atoms with E-state index in [1.54, 1.807) is 6.20 Å². The van der Waals surface area contributed by atoms with Crippen molar-refractivity contribution in [1.82, 2.24) is 4.98 Å². The lowest BCUT2D eigenvalue weighted by Gasteiger charge is -2.07. The van der Waals surface area contributed by atoms with Crippen LogP contribution < -0.4 is 4.74 Å². The third-order valence-corrected chi connectivity index (χ3v) is 3.03. The van der Waals surface area contributed by atoms with E-state index in [0.717, 1.165) is 11.3 Å². The van der Waals surface area contributed by atoms with E-state index < -0.39 is 0 Å². The van der Waals surface area contributed by atoms with Gasteiger partial charge in [0.2, 0.25) is 5.88 Å². The molecule has 0 aliphatic heterocycles. The van der Waals surface area contributed by atoms with Crippen molar-refractivity contribution >= 4 is 34.2 Å². The second-order valence-electron chi connectivity index (χ2n) is 3.16. The maximum absolute atomic E-state index is 5.80. The first kappa shape index (κ1) is 11.7. The normalized spacial score (nSPS) is 10.1. The van der Waals surface area contributed by atoms with Crippen molar-refractivity contribution in [3.63, 3.8) is 0 Å². The van der Waals surface area contributed by atoms with Crippen molar-refractivity contribution < 1.29 is 4.74 Å². The predicted molar refractivity (Wildman–Crippen MR) is 73.0 cm³/mol. The third-order valence-electron chi connectivity index (χ3n) is 2.02. The summed E-state index contributed by atoms with van der Waals surface area (Å²) in [5.41, 5.74) is 0.891. The van der Waals surface area contributed by atoms with E-state index in [4.69, 9.17) is 16.3 Å². The molecule has 0 aliphatic carbocycles. The van der Waals surface area contributed by atoms with Gasteiger partial charge in [-0.15, -0.1) is 11.6 Å². The Kier molecular flexibility index (Phi) is 4.01. The Labute approximate surface area is 113 Å². The van der Waals surface area contributed by atoms with Crippen LogP contribution in [0.4, 0.5) is 0 Å². The van der Waals surface area contributed by atoms with E-state index in [9.17, 15) is 0 Å². The van der Waals surface area contributed by atoms with Crippen LogP contribution in [0.5, 0.6) is 11.6 Å². The molecule has 0 spiro atoms. The first-order valence-electron chi connectivity index (χ1n) is 4.73. The Balaban J connectivity index is 2.23. The SMILES string of the molecule is ClCc1cccnc1Oc1ccc(I)cc1. The molecule has 1 heterocycles. The lowest BCUT2D eigenvalue weighted by Crippen LogP contribution is -1.92. The summed E-state index contributed by atoms with van der Waals surface area (Å²) in [6, 6.07) is 11.5. The molecule has 0 radical (unpaired) electrons. The molecule has 16 heavy (non-hydrogen) atoms. The summed E-state index contributed by atoms with van der Waals surface area (Å²) in [6.07, 6.45) is 1.69. The molecule has 82 valence electrons. The minimum Gasteiger partial charge on any atom is -0.439 e. The zero-order valence-corrected chi connectivity index (χ0v) is 11.3. The summed E-state index contributed by atoms with van der Waals surface area (Å²) in [5.74, 6) is 1.73. The van der Waals surface area contributed by atoms with Crippen molar-refractivity contribution in [1.29, 1.82) is 0 Å². The summed E-state index contributed by atoms with van der Waals surface area (Å²) >= 11 is 8.05. The van der Waals surface area contributed by atoms with Crippen LogP contribution in [0.2, 0.25) is 0 Å². The third kappa shape index (κ3) is 2.86. The molecule has 0 aliphatic rings. The predicted octanol–water partition coefficient (Wildman–Crippen LogP) is 4.22. The molecule has 0 saturated heterocycles. The Bertz CT molecular complexity index is 473. The van der Waals surface area contributed by atoms with Gasteiger partial charge in [-0.05, 0) is 52.9 Å². The van der Waals surface area contributed by atoms with E-state index >= 15 is 0 Å². The largest absolute Gasteiger partial charge is 0.439 e. The van der Waals surface area contributed by atoms with Gasteiger partial charge in [-0.25, -0.2) is 4.98 Å². The van der Waals surface area contributed by atoms with Gasteiger partial charge in [-0.1, -0.05) is 6.07 Å². The molecule has 1 aromatic heterocycles. The number of hydrogen-bond acceptors (Lipinski definition) is 2. The van der Waals surface area contributed by atoms with Gasteiger partial charge in [0, 0.05) is 15.3 Å². The van der Waals surface area contributed by atoms with E-state index in [2.05, 4.69) is 27.6 Å². The molecular weight excluding hydrogens is 336 g/mol.